The Morgan fingerprint density at radius 2 is 2.12 bits per heavy atom. The average Bonchev–Trinajstić information content (AvgIpc) is 2.93. The number of halogens is 1. The summed E-state index contributed by atoms with van der Waals surface area (Å²) in [5.74, 6) is -0.621. The van der Waals surface area contributed by atoms with Crippen LogP contribution < -0.4 is 5.32 Å². The number of urea groups is 1. The molecule has 7 nitrogen and oxygen atoms in total. The van der Waals surface area contributed by atoms with Gasteiger partial charge in [0.25, 0.3) is 0 Å². The molecule has 3 rings (SSSR count). The summed E-state index contributed by atoms with van der Waals surface area (Å²) >= 11 is 3.39. The molecule has 1 aromatic carbocycles. The molecule has 2 aliphatic rings. The van der Waals surface area contributed by atoms with E-state index >= 15 is 0 Å². The standard InChI is InChI=1S/C17H19BrN2O5S/c1-10-14(16(21)25-2)15(11-4-3-5-12(18)8-11)19-17(22)20(10)13-6-7-26(23,24)9-13/h3-5,8,13,15H,6-7,9H2,1-2H3,(H,19,22)/t13-,15-/m0/s1. The van der Waals surface area contributed by atoms with Gasteiger partial charge in [-0.3, -0.25) is 4.90 Å². The highest BCUT2D eigenvalue weighted by Crippen LogP contribution is 2.34. The van der Waals surface area contributed by atoms with Crippen molar-refractivity contribution in [1.29, 1.82) is 0 Å². The minimum absolute atomic E-state index is 0.0390. The molecule has 1 saturated heterocycles. The lowest BCUT2D eigenvalue weighted by atomic mass is 9.94. The number of allylic oxidation sites excluding steroid dienone is 1. The molecular formula is C17H19BrN2O5S. The lowest BCUT2D eigenvalue weighted by Crippen LogP contribution is -2.52. The Morgan fingerprint density at radius 1 is 1.38 bits per heavy atom. The molecule has 0 aliphatic carbocycles. The first-order chi connectivity index (χ1) is 12.2. The summed E-state index contributed by atoms with van der Waals surface area (Å²) in [6, 6.07) is 5.72. The first kappa shape index (κ1) is 18.9. The van der Waals surface area contributed by atoms with Crippen molar-refractivity contribution in [2.24, 2.45) is 0 Å². The molecule has 2 heterocycles. The Morgan fingerprint density at radius 3 is 2.69 bits per heavy atom. The highest BCUT2D eigenvalue weighted by molar-refractivity contribution is 9.10. The number of hydrogen-bond acceptors (Lipinski definition) is 5. The zero-order chi connectivity index (χ0) is 19.1. The van der Waals surface area contributed by atoms with Crippen LogP contribution >= 0.6 is 15.9 Å². The average molecular weight is 443 g/mol. The summed E-state index contributed by atoms with van der Waals surface area (Å²) in [5.41, 5.74) is 1.45. The van der Waals surface area contributed by atoms with Crippen molar-refractivity contribution < 1.29 is 22.7 Å². The first-order valence-electron chi connectivity index (χ1n) is 8.08. The van der Waals surface area contributed by atoms with Gasteiger partial charge in [-0.15, -0.1) is 0 Å². The lowest BCUT2D eigenvalue weighted by Gasteiger charge is -2.38. The fourth-order valence-electron chi connectivity index (χ4n) is 3.49. The van der Waals surface area contributed by atoms with E-state index < -0.39 is 33.9 Å². The summed E-state index contributed by atoms with van der Waals surface area (Å²) < 4.78 is 29.4. The maximum absolute atomic E-state index is 12.7. The number of nitrogens with one attached hydrogen (secondary N) is 1. The first-order valence-corrected chi connectivity index (χ1v) is 10.7. The van der Waals surface area contributed by atoms with Crippen LogP contribution in [0.2, 0.25) is 0 Å². The molecule has 2 amide bonds. The fourth-order valence-corrected chi connectivity index (χ4v) is 5.60. The van der Waals surface area contributed by atoms with Crippen LogP contribution in [-0.4, -0.2) is 50.0 Å². The van der Waals surface area contributed by atoms with Crippen molar-refractivity contribution in [3.05, 3.63) is 45.6 Å². The fraction of sp³-hybridized carbons (Fsp3) is 0.412. The van der Waals surface area contributed by atoms with E-state index in [0.29, 0.717) is 17.7 Å². The number of nitrogens with zero attached hydrogens (tertiary/aromatic N) is 1. The van der Waals surface area contributed by atoms with E-state index in [4.69, 9.17) is 4.74 Å². The minimum atomic E-state index is -3.17. The number of amides is 2. The number of hydrogen-bond donors (Lipinski definition) is 1. The van der Waals surface area contributed by atoms with Crippen LogP contribution in [0, 0.1) is 0 Å². The molecule has 9 heteroatoms. The van der Waals surface area contributed by atoms with Gasteiger partial charge in [0.1, 0.15) is 0 Å². The Kier molecular flexibility index (Phi) is 5.12. The zero-order valence-corrected chi connectivity index (χ0v) is 16.8. The highest BCUT2D eigenvalue weighted by atomic mass is 79.9. The predicted molar refractivity (Wildman–Crippen MR) is 99.0 cm³/mol. The molecular weight excluding hydrogens is 424 g/mol. The number of carbonyl (C=O) groups excluding carboxylic acids is 2. The minimum Gasteiger partial charge on any atom is -0.466 e. The monoisotopic (exact) mass is 442 g/mol. The van der Waals surface area contributed by atoms with Crippen molar-refractivity contribution >= 4 is 37.8 Å². The Balaban J connectivity index is 2.07. The van der Waals surface area contributed by atoms with Gasteiger partial charge >= 0.3 is 12.0 Å². The Hall–Kier alpha value is -1.87. The smallest absolute Gasteiger partial charge is 0.337 e. The van der Waals surface area contributed by atoms with Gasteiger partial charge in [-0.05, 0) is 31.0 Å². The van der Waals surface area contributed by atoms with Crippen LogP contribution in [0.5, 0.6) is 0 Å². The van der Waals surface area contributed by atoms with Crippen LogP contribution in [0.15, 0.2) is 40.0 Å². The van der Waals surface area contributed by atoms with E-state index in [2.05, 4.69) is 21.2 Å². The number of carbonyl (C=O) groups is 2. The lowest BCUT2D eigenvalue weighted by molar-refractivity contribution is -0.136. The third-order valence-electron chi connectivity index (χ3n) is 4.69. The normalized spacial score (nSPS) is 25.2. The van der Waals surface area contributed by atoms with E-state index in [-0.39, 0.29) is 11.5 Å². The van der Waals surface area contributed by atoms with Gasteiger partial charge in [-0.2, -0.15) is 0 Å². The second-order valence-corrected chi connectivity index (χ2v) is 9.50. The summed E-state index contributed by atoms with van der Waals surface area (Å²) in [6.07, 6.45) is 0.350. The van der Waals surface area contributed by atoms with E-state index in [0.717, 1.165) is 10.0 Å². The molecule has 1 N–H and O–H groups in total. The highest BCUT2D eigenvalue weighted by Gasteiger charge is 2.42. The van der Waals surface area contributed by atoms with Gasteiger partial charge in [-0.1, -0.05) is 28.1 Å². The van der Waals surface area contributed by atoms with Crippen LogP contribution in [0.25, 0.3) is 0 Å². The number of methoxy groups -OCH3 is 1. The molecule has 0 aromatic heterocycles. The van der Waals surface area contributed by atoms with Crippen molar-refractivity contribution in [1.82, 2.24) is 10.2 Å². The van der Waals surface area contributed by atoms with Crippen LogP contribution in [0.1, 0.15) is 24.9 Å². The molecule has 0 radical (unpaired) electrons. The van der Waals surface area contributed by atoms with E-state index in [1.165, 1.54) is 12.0 Å². The summed E-state index contributed by atoms with van der Waals surface area (Å²) in [6.45, 7) is 1.65. The van der Waals surface area contributed by atoms with Gasteiger partial charge in [0, 0.05) is 10.2 Å². The largest absolute Gasteiger partial charge is 0.466 e. The summed E-state index contributed by atoms with van der Waals surface area (Å²) in [7, 11) is -1.89. The van der Waals surface area contributed by atoms with Crippen molar-refractivity contribution in [2.75, 3.05) is 18.6 Å². The third-order valence-corrected chi connectivity index (χ3v) is 6.93. The number of sulfone groups is 1. The summed E-state index contributed by atoms with van der Waals surface area (Å²) in [5, 5.41) is 2.82. The Labute approximate surface area is 160 Å². The quantitative estimate of drug-likeness (QED) is 0.723. The molecule has 2 aliphatic heterocycles. The van der Waals surface area contributed by atoms with Gasteiger partial charge in [0.15, 0.2) is 9.84 Å². The molecule has 0 saturated carbocycles. The summed E-state index contributed by atoms with van der Waals surface area (Å²) in [4.78, 5) is 26.6. The Bertz CT molecular complexity index is 896. The van der Waals surface area contributed by atoms with Crippen LogP contribution in [0.4, 0.5) is 4.79 Å². The van der Waals surface area contributed by atoms with Gasteiger partial charge in [0.05, 0.1) is 36.3 Å². The number of rotatable bonds is 3. The van der Waals surface area contributed by atoms with Crippen LogP contribution in [-0.2, 0) is 19.4 Å². The number of ether oxygens (including phenoxy) is 1. The zero-order valence-electron chi connectivity index (χ0n) is 14.4. The maximum atomic E-state index is 12.7. The van der Waals surface area contributed by atoms with E-state index in [9.17, 15) is 18.0 Å². The molecule has 1 fully saturated rings. The number of esters is 1. The molecule has 0 unspecified atom stereocenters. The second kappa shape index (κ2) is 7.03. The number of benzene rings is 1. The molecule has 0 bridgehead atoms. The predicted octanol–water partition coefficient (Wildman–Crippen LogP) is 2.15. The third kappa shape index (κ3) is 3.50. The van der Waals surface area contributed by atoms with Gasteiger partial charge < -0.3 is 10.1 Å². The maximum Gasteiger partial charge on any atom is 0.337 e. The van der Waals surface area contributed by atoms with E-state index in [1.807, 2.05) is 24.3 Å². The molecule has 2 atom stereocenters. The topological polar surface area (TPSA) is 92.8 Å². The van der Waals surface area contributed by atoms with Gasteiger partial charge in [0.2, 0.25) is 0 Å². The molecule has 140 valence electrons. The van der Waals surface area contributed by atoms with Crippen molar-refractivity contribution in [3.8, 4) is 0 Å². The van der Waals surface area contributed by atoms with Crippen molar-refractivity contribution in [3.63, 3.8) is 0 Å². The second-order valence-electron chi connectivity index (χ2n) is 6.36. The van der Waals surface area contributed by atoms with Crippen LogP contribution in [0.3, 0.4) is 0 Å². The SMILES string of the molecule is COC(=O)C1=C(C)N([C@H]2CCS(=O)(=O)C2)C(=O)N[C@H]1c1cccc(Br)c1. The van der Waals surface area contributed by atoms with Crippen molar-refractivity contribution in [2.45, 2.75) is 25.4 Å². The van der Waals surface area contributed by atoms with Gasteiger partial charge in [-0.25, -0.2) is 18.0 Å². The van der Waals surface area contributed by atoms with E-state index in [1.54, 1.807) is 6.92 Å². The molecule has 1 aromatic rings. The molecule has 26 heavy (non-hydrogen) atoms. The molecule has 0 spiro atoms.